The molecule has 1 spiro atoms. The van der Waals surface area contributed by atoms with E-state index in [2.05, 4.69) is 22.2 Å². The lowest BCUT2D eigenvalue weighted by atomic mass is 9.65. The summed E-state index contributed by atoms with van der Waals surface area (Å²) in [7, 11) is 0. The molecule has 17 heteroatoms. The Morgan fingerprint density at radius 3 is 2.28 bits per heavy atom. The predicted octanol–water partition coefficient (Wildman–Crippen LogP) is 6.25. The SMILES string of the molecule is NC(=O)[C@@H]1[C@H]2C(=O)O[C@H](c3ccccc3)[C@H](c3ccccc3)N2[C@H](c2ccccc2OCCO)[C@@]12C(=O)N(C(=O)OCc1ccc([N+](=O)[O-])cc1)c1ccc(C#CCn3nnc4ccccc43)cc12. The van der Waals surface area contributed by atoms with Crippen LogP contribution in [0.2, 0.25) is 0 Å². The molecule has 0 saturated carbocycles. The van der Waals surface area contributed by atoms with Crippen molar-refractivity contribution in [3.8, 4) is 17.6 Å². The number of esters is 1. The summed E-state index contributed by atoms with van der Waals surface area (Å²) in [4.78, 5) is 74.1. The number of ether oxygens (including phenoxy) is 3. The Bertz CT molecular complexity index is 3210. The second-order valence-corrected chi connectivity index (χ2v) is 16.7. The Labute approximate surface area is 393 Å². The van der Waals surface area contributed by atoms with Crippen molar-refractivity contribution in [1.82, 2.24) is 19.9 Å². The first-order valence-corrected chi connectivity index (χ1v) is 22.0. The number of cyclic esters (lactones) is 1. The van der Waals surface area contributed by atoms with Gasteiger partial charge in [0, 0.05) is 23.3 Å². The number of aliphatic hydroxyl groups excluding tert-OH is 1. The summed E-state index contributed by atoms with van der Waals surface area (Å²) >= 11 is 0. The van der Waals surface area contributed by atoms with Crippen LogP contribution >= 0.6 is 0 Å². The minimum Gasteiger partial charge on any atom is -0.491 e. The number of anilines is 1. The molecule has 69 heavy (non-hydrogen) atoms. The first-order chi connectivity index (χ1) is 33.6. The maximum Gasteiger partial charge on any atom is 0.421 e. The maximum absolute atomic E-state index is 16.3. The quantitative estimate of drug-likeness (QED) is 0.0635. The lowest BCUT2D eigenvalue weighted by Gasteiger charge is -2.46. The van der Waals surface area contributed by atoms with Crippen LogP contribution in [0.1, 0.15) is 51.6 Å². The van der Waals surface area contributed by atoms with E-state index < -0.39 is 64.4 Å². The molecule has 3 N–H and O–H groups in total. The van der Waals surface area contributed by atoms with Crippen LogP contribution in [0.15, 0.2) is 152 Å². The zero-order valence-electron chi connectivity index (χ0n) is 36.5. The van der Waals surface area contributed by atoms with Gasteiger partial charge in [-0.1, -0.05) is 108 Å². The highest BCUT2D eigenvalue weighted by atomic mass is 16.6. The second-order valence-electron chi connectivity index (χ2n) is 16.7. The van der Waals surface area contributed by atoms with Crippen molar-refractivity contribution < 1.29 is 43.4 Å². The van der Waals surface area contributed by atoms with E-state index in [4.69, 9.17) is 19.9 Å². The van der Waals surface area contributed by atoms with Gasteiger partial charge in [-0.15, -0.1) is 5.10 Å². The van der Waals surface area contributed by atoms with E-state index in [9.17, 15) is 24.8 Å². The highest BCUT2D eigenvalue weighted by Gasteiger charge is 2.76. The number of carbonyl (C=O) groups is 4. The zero-order valence-corrected chi connectivity index (χ0v) is 36.5. The van der Waals surface area contributed by atoms with Crippen LogP contribution in [-0.4, -0.2) is 73.1 Å². The molecule has 344 valence electrons. The highest BCUT2D eigenvalue weighted by Crippen LogP contribution is 2.66. The van der Waals surface area contributed by atoms with Gasteiger partial charge in [-0.3, -0.25) is 29.4 Å². The molecule has 3 aliphatic heterocycles. The Kier molecular flexibility index (Phi) is 11.6. The van der Waals surface area contributed by atoms with Gasteiger partial charge in [0.2, 0.25) is 11.8 Å². The minimum atomic E-state index is -2.20. The van der Waals surface area contributed by atoms with Gasteiger partial charge in [0.05, 0.1) is 40.7 Å². The number of morpholine rings is 1. The first kappa shape index (κ1) is 44.1. The smallest absolute Gasteiger partial charge is 0.421 e. The van der Waals surface area contributed by atoms with E-state index in [1.165, 1.54) is 30.3 Å². The van der Waals surface area contributed by atoms with Gasteiger partial charge in [0.1, 0.15) is 48.6 Å². The van der Waals surface area contributed by atoms with Crippen LogP contribution in [0.25, 0.3) is 11.0 Å². The Hall–Kier alpha value is -8.72. The van der Waals surface area contributed by atoms with Gasteiger partial charge in [0.15, 0.2) is 0 Å². The summed E-state index contributed by atoms with van der Waals surface area (Å²) in [6.07, 6.45) is -2.12. The average molecular weight is 924 g/mol. The molecule has 10 rings (SSSR count). The molecule has 6 aromatic carbocycles. The number of non-ortho nitro benzene ring substituents is 1. The Balaban J connectivity index is 1.20. The highest BCUT2D eigenvalue weighted by molar-refractivity contribution is 6.23. The number of nitro benzene ring substituents is 1. The Morgan fingerprint density at radius 1 is 0.855 bits per heavy atom. The molecule has 0 bridgehead atoms. The van der Waals surface area contributed by atoms with Crippen molar-refractivity contribution in [3.05, 3.63) is 195 Å². The summed E-state index contributed by atoms with van der Waals surface area (Å²) in [5, 5.41) is 29.8. The van der Waals surface area contributed by atoms with Crippen molar-refractivity contribution >= 4 is 46.3 Å². The van der Waals surface area contributed by atoms with Gasteiger partial charge < -0.3 is 25.1 Å². The van der Waals surface area contributed by atoms with Crippen LogP contribution in [0.4, 0.5) is 16.2 Å². The number of para-hydroxylation sites is 2. The molecule has 0 radical (unpaired) electrons. The summed E-state index contributed by atoms with van der Waals surface area (Å²) in [6.45, 7) is -0.771. The molecule has 0 unspecified atom stereocenters. The van der Waals surface area contributed by atoms with Crippen LogP contribution < -0.4 is 15.4 Å². The molecule has 0 aliphatic carbocycles. The van der Waals surface area contributed by atoms with Crippen molar-refractivity contribution in [1.29, 1.82) is 0 Å². The number of hydrogen-bond acceptors (Lipinski definition) is 13. The van der Waals surface area contributed by atoms with E-state index in [1.54, 1.807) is 46.0 Å². The fraction of sp³-hybridized carbons (Fsp3) is 0.192. The maximum atomic E-state index is 16.3. The average Bonchev–Trinajstić information content (AvgIpc) is 4.01. The number of primary amides is 1. The number of imide groups is 1. The fourth-order valence-electron chi connectivity index (χ4n) is 10.1. The molecule has 1 aromatic heterocycles. The molecule has 17 nitrogen and oxygen atoms in total. The van der Waals surface area contributed by atoms with Crippen molar-refractivity contribution in [3.63, 3.8) is 0 Å². The third-order valence-electron chi connectivity index (χ3n) is 12.9. The number of fused-ring (bicyclic) bond motifs is 4. The number of carbonyl (C=O) groups excluding carboxylic acids is 4. The van der Waals surface area contributed by atoms with Gasteiger partial charge in [0.25, 0.3) is 5.69 Å². The third-order valence-corrected chi connectivity index (χ3v) is 12.9. The van der Waals surface area contributed by atoms with Crippen molar-refractivity contribution in [2.24, 2.45) is 11.7 Å². The normalized spacial score (nSPS) is 21.5. The zero-order chi connectivity index (χ0) is 47.8. The third kappa shape index (κ3) is 7.57. The largest absolute Gasteiger partial charge is 0.491 e. The standard InChI is InChI=1S/C52H41N7O10/c53-48(61)43-45-49(62)69-46(35-15-5-2-6-16-35)44(34-13-3-1-4-14-34)58(45)47(37-17-7-10-20-42(37)67-29-28-60)52(43)38-30-32(12-11-27-56-41-19-9-8-18-39(41)54-55-56)23-26-40(38)57(50(52)63)51(64)68-31-33-21-24-36(25-22-33)59(65)66/h1-10,13-26,30,43-47,60H,27-29,31H2,(H2,53,61)/t43-,44-,45-,46+,47+,52-/m0/s1. The van der Waals surface area contributed by atoms with Crippen LogP contribution in [-0.2, 0) is 42.4 Å². The number of benzene rings is 6. The number of nitro groups is 1. The van der Waals surface area contributed by atoms with Crippen LogP contribution in [0, 0.1) is 27.9 Å². The molecule has 2 saturated heterocycles. The number of hydrogen-bond donors (Lipinski definition) is 2. The van der Waals surface area contributed by atoms with Gasteiger partial charge in [-0.05, 0) is 70.8 Å². The molecular formula is C52H41N7O10. The number of rotatable bonds is 11. The molecular weight excluding hydrogens is 883 g/mol. The van der Waals surface area contributed by atoms with Crippen LogP contribution in [0.3, 0.4) is 0 Å². The fourth-order valence-corrected chi connectivity index (χ4v) is 10.1. The van der Waals surface area contributed by atoms with E-state index >= 15 is 9.59 Å². The topological polar surface area (TPSA) is 223 Å². The molecule has 7 aromatic rings. The molecule has 6 atom stereocenters. The predicted molar refractivity (Wildman–Crippen MR) is 248 cm³/mol. The lowest BCUT2D eigenvalue weighted by Crippen LogP contribution is -2.55. The summed E-state index contributed by atoms with van der Waals surface area (Å²) in [5.41, 5.74) is 8.20. The number of nitrogens with zero attached hydrogens (tertiary/aromatic N) is 6. The molecule has 2 fully saturated rings. The van der Waals surface area contributed by atoms with Gasteiger partial charge in [-0.25, -0.2) is 14.4 Å². The Morgan fingerprint density at radius 2 is 1.55 bits per heavy atom. The monoisotopic (exact) mass is 923 g/mol. The number of nitrogens with two attached hydrogens (primary N) is 1. The van der Waals surface area contributed by atoms with Gasteiger partial charge in [-0.2, -0.15) is 0 Å². The van der Waals surface area contributed by atoms with E-state index in [-0.39, 0.29) is 49.1 Å². The number of aromatic nitrogens is 3. The summed E-state index contributed by atoms with van der Waals surface area (Å²) < 4.78 is 20.1. The first-order valence-electron chi connectivity index (χ1n) is 22.0. The van der Waals surface area contributed by atoms with E-state index in [0.717, 1.165) is 10.4 Å². The molecule has 3 aliphatic rings. The van der Waals surface area contributed by atoms with Gasteiger partial charge >= 0.3 is 12.1 Å². The minimum absolute atomic E-state index is 0.0376. The summed E-state index contributed by atoms with van der Waals surface area (Å²) in [6, 6.07) is 39.0. The van der Waals surface area contributed by atoms with Crippen LogP contribution in [0.5, 0.6) is 5.75 Å². The second kappa shape index (κ2) is 18.2. The number of aliphatic hydroxyl groups is 1. The molecule has 3 amide bonds. The van der Waals surface area contributed by atoms with E-state index in [0.29, 0.717) is 33.3 Å². The number of amides is 3. The van der Waals surface area contributed by atoms with Crippen molar-refractivity contribution in [2.45, 2.75) is 42.8 Å². The van der Waals surface area contributed by atoms with Crippen molar-refractivity contribution in [2.75, 3.05) is 18.1 Å². The lowest BCUT2D eigenvalue weighted by molar-refractivity contribution is -0.384. The summed E-state index contributed by atoms with van der Waals surface area (Å²) in [5.74, 6) is 2.04. The van der Waals surface area contributed by atoms with E-state index in [1.807, 2.05) is 84.9 Å². The molecule has 4 heterocycles.